The summed E-state index contributed by atoms with van der Waals surface area (Å²) in [5.41, 5.74) is 3.52. The van der Waals surface area contributed by atoms with E-state index in [4.69, 9.17) is 0 Å². The molecule has 1 unspecified atom stereocenters. The van der Waals surface area contributed by atoms with Crippen molar-refractivity contribution in [2.24, 2.45) is 0 Å². The number of fused-ring (bicyclic) bond motifs is 3. The molecule has 6 nitrogen and oxygen atoms in total. The molecule has 1 heterocycles. The maximum absolute atomic E-state index is 12.6. The monoisotopic (exact) mass is 359 g/mol. The van der Waals surface area contributed by atoms with Crippen LogP contribution in [-0.2, 0) is 4.79 Å². The van der Waals surface area contributed by atoms with Gasteiger partial charge in [0.25, 0.3) is 5.69 Å². The molecule has 0 saturated heterocycles. The summed E-state index contributed by atoms with van der Waals surface area (Å²) >= 11 is 0. The summed E-state index contributed by atoms with van der Waals surface area (Å²) in [6.45, 7) is 1.78. The molecule has 0 radical (unpaired) electrons. The molecule has 0 bridgehead atoms. The van der Waals surface area contributed by atoms with Crippen LogP contribution in [0.5, 0.6) is 0 Å². The number of para-hydroxylation sites is 1. The smallest absolute Gasteiger partial charge is 0.269 e. The summed E-state index contributed by atoms with van der Waals surface area (Å²) in [5.74, 6) is -0.590. The van der Waals surface area contributed by atoms with Crippen molar-refractivity contribution in [3.8, 4) is 0 Å². The summed E-state index contributed by atoms with van der Waals surface area (Å²) in [7, 11) is 0. The van der Waals surface area contributed by atoms with Crippen LogP contribution >= 0.6 is 0 Å². The molecule has 27 heavy (non-hydrogen) atoms. The van der Waals surface area contributed by atoms with E-state index in [-0.39, 0.29) is 11.6 Å². The fourth-order valence-electron chi connectivity index (χ4n) is 3.21. The van der Waals surface area contributed by atoms with E-state index in [0.29, 0.717) is 5.69 Å². The van der Waals surface area contributed by atoms with E-state index in [1.165, 1.54) is 12.1 Å². The average molecular weight is 359 g/mol. The molecular formula is C21H17N3O3. The van der Waals surface area contributed by atoms with Crippen molar-refractivity contribution in [3.63, 3.8) is 0 Å². The van der Waals surface area contributed by atoms with Crippen LogP contribution in [0.4, 0.5) is 11.4 Å². The van der Waals surface area contributed by atoms with Gasteiger partial charge >= 0.3 is 0 Å². The molecule has 6 heteroatoms. The first kappa shape index (κ1) is 16.8. The Balaban J connectivity index is 1.58. The zero-order chi connectivity index (χ0) is 19.0. The lowest BCUT2D eigenvalue weighted by Gasteiger charge is -2.12. The number of nitro benzene ring substituents is 1. The van der Waals surface area contributed by atoms with E-state index in [1.807, 2.05) is 42.5 Å². The number of carbonyl (C=O) groups is 1. The summed E-state index contributed by atoms with van der Waals surface area (Å²) in [6, 6.07) is 19.8. The Morgan fingerprint density at radius 3 is 2.44 bits per heavy atom. The van der Waals surface area contributed by atoms with Crippen LogP contribution in [0.3, 0.4) is 0 Å². The Bertz CT molecular complexity index is 1160. The van der Waals surface area contributed by atoms with E-state index in [2.05, 4.69) is 10.3 Å². The highest BCUT2D eigenvalue weighted by molar-refractivity contribution is 6.09. The van der Waals surface area contributed by atoms with E-state index < -0.39 is 10.8 Å². The van der Waals surface area contributed by atoms with E-state index in [9.17, 15) is 14.9 Å². The molecule has 0 aliphatic rings. The third kappa shape index (κ3) is 3.13. The number of non-ortho nitro benzene ring substituents is 1. The van der Waals surface area contributed by atoms with Gasteiger partial charge in [-0.2, -0.15) is 0 Å². The van der Waals surface area contributed by atoms with Crippen molar-refractivity contribution >= 4 is 39.1 Å². The first-order chi connectivity index (χ1) is 13.0. The predicted octanol–water partition coefficient (Wildman–Crippen LogP) is 4.97. The quantitative estimate of drug-likeness (QED) is 0.398. The van der Waals surface area contributed by atoms with Gasteiger partial charge in [0.2, 0.25) is 5.91 Å². The van der Waals surface area contributed by atoms with Gasteiger partial charge in [-0.1, -0.05) is 30.3 Å². The summed E-state index contributed by atoms with van der Waals surface area (Å²) in [5, 5.41) is 15.8. The molecular weight excluding hydrogens is 342 g/mol. The lowest BCUT2D eigenvalue weighted by Crippen LogP contribution is -2.18. The van der Waals surface area contributed by atoms with Crippen LogP contribution in [-0.4, -0.2) is 15.8 Å². The molecule has 1 aromatic heterocycles. The first-order valence-electron chi connectivity index (χ1n) is 8.58. The topological polar surface area (TPSA) is 88.0 Å². The molecule has 0 spiro atoms. The van der Waals surface area contributed by atoms with Crippen LogP contribution in [0.1, 0.15) is 18.4 Å². The number of aromatic amines is 1. The van der Waals surface area contributed by atoms with Crippen LogP contribution in [0.15, 0.2) is 66.7 Å². The van der Waals surface area contributed by atoms with Gasteiger partial charge in [-0.05, 0) is 36.8 Å². The van der Waals surface area contributed by atoms with Crippen LogP contribution in [0, 0.1) is 10.1 Å². The number of benzene rings is 3. The van der Waals surface area contributed by atoms with E-state index in [1.54, 1.807) is 19.1 Å². The standard InChI is InChI=1S/C21H17N3O3/c1-13(14-6-9-16(10-7-14)24(26)27)21(25)22-15-8-11-20-18(12-15)17-4-2-3-5-19(17)23-20/h2-13,23H,1H3,(H,22,25). The summed E-state index contributed by atoms with van der Waals surface area (Å²) in [6.07, 6.45) is 0. The number of H-pyrrole nitrogens is 1. The normalized spacial score (nSPS) is 12.2. The highest BCUT2D eigenvalue weighted by Crippen LogP contribution is 2.28. The van der Waals surface area contributed by atoms with Gasteiger partial charge in [0.1, 0.15) is 0 Å². The van der Waals surface area contributed by atoms with Gasteiger partial charge in [0.05, 0.1) is 10.8 Å². The molecule has 1 amide bonds. The van der Waals surface area contributed by atoms with Crippen LogP contribution in [0.2, 0.25) is 0 Å². The number of hydrogen-bond acceptors (Lipinski definition) is 3. The third-order valence-electron chi connectivity index (χ3n) is 4.77. The minimum Gasteiger partial charge on any atom is -0.355 e. The fraction of sp³-hybridized carbons (Fsp3) is 0.0952. The molecule has 0 saturated carbocycles. The summed E-state index contributed by atoms with van der Waals surface area (Å²) in [4.78, 5) is 26.3. The minimum atomic E-state index is -0.453. The van der Waals surface area contributed by atoms with Gasteiger partial charge in [-0.3, -0.25) is 14.9 Å². The Kier molecular flexibility index (Phi) is 4.08. The van der Waals surface area contributed by atoms with Gasteiger partial charge in [0.15, 0.2) is 0 Å². The first-order valence-corrected chi connectivity index (χ1v) is 8.58. The number of anilines is 1. The fourth-order valence-corrected chi connectivity index (χ4v) is 3.21. The second-order valence-electron chi connectivity index (χ2n) is 6.49. The third-order valence-corrected chi connectivity index (χ3v) is 4.77. The Morgan fingerprint density at radius 2 is 1.70 bits per heavy atom. The van der Waals surface area contributed by atoms with Gasteiger partial charge in [-0.25, -0.2) is 0 Å². The Labute approximate surface area is 155 Å². The number of rotatable bonds is 4. The van der Waals surface area contributed by atoms with E-state index >= 15 is 0 Å². The number of aromatic nitrogens is 1. The molecule has 4 rings (SSSR count). The maximum Gasteiger partial charge on any atom is 0.269 e. The summed E-state index contributed by atoms with van der Waals surface area (Å²) < 4.78 is 0. The van der Waals surface area contributed by atoms with Crippen molar-refractivity contribution in [1.82, 2.24) is 4.98 Å². The SMILES string of the molecule is CC(C(=O)Nc1ccc2[nH]c3ccccc3c2c1)c1ccc([N+](=O)[O-])cc1. The van der Waals surface area contributed by atoms with Crippen molar-refractivity contribution in [2.75, 3.05) is 5.32 Å². The highest BCUT2D eigenvalue weighted by atomic mass is 16.6. The molecule has 0 fully saturated rings. The number of nitro groups is 1. The number of nitrogens with one attached hydrogen (secondary N) is 2. The van der Waals surface area contributed by atoms with Crippen molar-refractivity contribution in [1.29, 1.82) is 0 Å². The second kappa shape index (κ2) is 6.57. The van der Waals surface area contributed by atoms with Crippen molar-refractivity contribution in [2.45, 2.75) is 12.8 Å². The Hall–Kier alpha value is -3.67. The number of carbonyl (C=O) groups excluding carboxylic acids is 1. The van der Waals surface area contributed by atoms with Gasteiger partial charge in [0, 0.05) is 39.6 Å². The molecule has 3 aromatic carbocycles. The minimum absolute atomic E-state index is 0.0103. The number of hydrogen-bond donors (Lipinski definition) is 2. The highest BCUT2D eigenvalue weighted by Gasteiger charge is 2.17. The molecule has 0 aliphatic heterocycles. The molecule has 134 valence electrons. The predicted molar refractivity (Wildman–Crippen MR) is 106 cm³/mol. The molecule has 4 aromatic rings. The second-order valence-corrected chi connectivity index (χ2v) is 6.49. The van der Waals surface area contributed by atoms with Gasteiger partial charge < -0.3 is 10.3 Å². The lowest BCUT2D eigenvalue weighted by molar-refractivity contribution is -0.384. The average Bonchev–Trinajstić information content (AvgIpc) is 3.05. The van der Waals surface area contributed by atoms with Crippen LogP contribution < -0.4 is 5.32 Å². The zero-order valence-corrected chi connectivity index (χ0v) is 14.6. The largest absolute Gasteiger partial charge is 0.355 e. The molecule has 0 aliphatic carbocycles. The number of amides is 1. The molecule has 2 N–H and O–H groups in total. The van der Waals surface area contributed by atoms with Crippen molar-refractivity contribution in [3.05, 3.63) is 82.4 Å². The molecule has 1 atom stereocenters. The van der Waals surface area contributed by atoms with Crippen LogP contribution in [0.25, 0.3) is 21.8 Å². The van der Waals surface area contributed by atoms with E-state index in [0.717, 1.165) is 27.4 Å². The van der Waals surface area contributed by atoms with Crippen molar-refractivity contribution < 1.29 is 9.72 Å². The Morgan fingerprint density at radius 1 is 1.00 bits per heavy atom. The maximum atomic E-state index is 12.6. The lowest BCUT2D eigenvalue weighted by atomic mass is 10.00. The zero-order valence-electron chi connectivity index (χ0n) is 14.6. The van der Waals surface area contributed by atoms with Gasteiger partial charge in [-0.15, -0.1) is 0 Å². The number of nitrogens with zero attached hydrogens (tertiary/aromatic N) is 1.